The van der Waals surface area contributed by atoms with E-state index >= 15 is 0 Å². The van der Waals surface area contributed by atoms with Crippen molar-refractivity contribution in [2.75, 3.05) is 6.61 Å². The van der Waals surface area contributed by atoms with Crippen molar-refractivity contribution < 1.29 is 33.3 Å². The molecule has 0 aromatic heterocycles. The van der Waals surface area contributed by atoms with Crippen LogP contribution in [0.4, 0.5) is 0 Å². The van der Waals surface area contributed by atoms with E-state index in [0.717, 1.165) is 0 Å². The minimum Gasteiger partial charge on any atom is -0.476 e. The molecule has 1 fully saturated rings. The Kier molecular flexibility index (Phi) is 5.80. The Hall–Kier alpha value is -2.12. The van der Waals surface area contributed by atoms with E-state index in [0.29, 0.717) is 18.7 Å². The van der Waals surface area contributed by atoms with Gasteiger partial charge in [0.15, 0.2) is 12.0 Å². The lowest BCUT2D eigenvalue weighted by molar-refractivity contribution is -0.174. The van der Waals surface area contributed by atoms with Crippen LogP contribution in [0.1, 0.15) is 40.5 Å². The summed E-state index contributed by atoms with van der Waals surface area (Å²) in [5, 5.41) is 0. The van der Waals surface area contributed by atoms with Crippen LogP contribution in [0.25, 0.3) is 0 Å². The molecule has 8 nitrogen and oxygen atoms in total. The van der Waals surface area contributed by atoms with Gasteiger partial charge in [-0.15, -0.1) is 0 Å². The first-order valence-corrected chi connectivity index (χ1v) is 7.96. The molecule has 1 heterocycles. The molecule has 2 aliphatic rings. The molecule has 1 saturated carbocycles. The Morgan fingerprint density at radius 2 is 1.67 bits per heavy atom. The normalized spacial score (nSPS) is 31.8. The van der Waals surface area contributed by atoms with Crippen LogP contribution in [-0.4, -0.2) is 54.8 Å². The van der Waals surface area contributed by atoms with Crippen LogP contribution >= 0.6 is 0 Å². The number of ether oxygens (including phenoxy) is 4. The summed E-state index contributed by atoms with van der Waals surface area (Å²) < 4.78 is 21.7. The predicted octanol–water partition coefficient (Wildman–Crippen LogP) is 1.01. The molecule has 0 radical (unpaired) electrons. The second kappa shape index (κ2) is 7.63. The van der Waals surface area contributed by atoms with E-state index in [9.17, 15) is 14.4 Å². The van der Waals surface area contributed by atoms with Crippen LogP contribution in [-0.2, 0) is 33.3 Å². The molecular weight excluding hydrogens is 318 g/mol. The maximum atomic E-state index is 11.6. The van der Waals surface area contributed by atoms with Gasteiger partial charge in [-0.3, -0.25) is 14.4 Å². The number of nitrogens with zero attached hydrogens (tertiary/aromatic N) is 1. The first kappa shape index (κ1) is 18.2. The summed E-state index contributed by atoms with van der Waals surface area (Å²) in [6.45, 7) is 5.70. The van der Waals surface area contributed by atoms with Crippen molar-refractivity contribution in [3.8, 4) is 0 Å². The van der Waals surface area contributed by atoms with Crippen LogP contribution < -0.4 is 0 Å². The maximum absolute atomic E-state index is 11.6. The highest BCUT2D eigenvalue weighted by atomic mass is 16.6. The maximum Gasteiger partial charge on any atom is 0.303 e. The van der Waals surface area contributed by atoms with Crippen LogP contribution in [0, 0.1) is 5.92 Å². The Morgan fingerprint density at radius 3 is 2.25 bits per heavy atom. The van der Waals surface area contributed by atoms with Crippen LogP contribution in [0.3, 0.4) is 0 Å². The Balaban J connectivity index is 2.31. The van der Waals surface area contributed by atoms with E-state index in [-0.39, 0.29) is 18.6 Å². The summed E-state index contributed by atoms with van der Waals surface area (Å²) in [4.78, 5) is 38.7. The van der Waals surface area contributed by atoms with Gasteiger partial charge in [-0.2, -0.15) is 0 Å². The second-order valence-corrected chi connectivity index (χ2v) is 6.08. The number of fused-ring (bicyclic) bond motifs is 1. The average molecular weight is 341 g/mol. The SMILES string of the molecule is CC(=O)OC[C@H]1CC[C@@H]2OC(C)=N[C@@H]2[C@@H](OC(C)=O)[C@H]1OC(C)=O. The Bertz CT molecular complexity index is 545. The molecule has 0 saturated heterocycles. The third-order valence-electron chi connectivity index (χ3n) is 4.09. The molecule has 1 aliphatic carbocycles. The van der Waals surface area contributed by atoms with E-state index in [1.807, 2.05) is 0 Å². The first-order valence-electron chi connectivity index (χ1n) is 7.96. The lowest BCUT2D eigenvalue weighted by Gasteiger charge is -2.32. The lowest BCUT2D eigenvalue weighted by Crippen LogP contribution is -2.47. The first-order chi connectivity index (χ1) is 11.3. The van der Waals surface area contributed by atoms with Gasteiger partial charge < -0.3 is 18.9 Å². The highest BCUT2D eigenvalue weighted by Gasteiger charge is 2.49. The zero-order chi connectivity index (χ0) is 17.9. The van der Waals surface area contributed by atoms with E-state index < -0.39 is 36.2 Å². The van der Waals surface area contributed by atoms with Crippen molar-refractivity contribution in [3.05, 3.63) is 0 Å². The molecule has 5 atom stereocenters. The molecule has 0 bridgehead atoms. The third-order valence-corrected chi connectivity index (χ3v) is 4.09. The third kappa shape index (κ3) is 4.46. The number of esters is 3. The molecule has 0 amide bonds. The van der Waals surface area contributed by atoms with Gasteiger partial charge in [0.25, 0.3) is 0 Å². The highest BCUT2D eigenvalue weighted by Crippen LogP contribution is 2.35. The highest BCUT2D eigenvalue weighted by molar-refractivity contribution is 5.75. The fourth-order valence-corrected chi connectivity index (χ4v) is 3.22. The van der Waals surface area contributed by atoms with Crippen LogP contribution in [0.2, 0.25) is 0 Å². The summed E-state index contributed by atoms with van der Waals surface area (Å²) in [7, 11) is 0. The van der Waals surface area contributed by atoms with Gasteiger partial charge >= 0.3 is 17.9 Å². The molecule has 2 rings (SSSR count). The van der Waals surface area contributed by atoms with Crippen molar-refractivity contribution in [2.45, 2.75) is 64.9 Å². The van der Waals surface area contributed by atoms with E-state index in [1.165, 1.54) is 20.8 Å². The van der Waals surface area contributed by atoms with Crippen molar-refractivity contribution in [2.24, 2.45) is 10.9 Å². The molecule has 0 unspecified atom stereocenters. The van der Waals surface area contributed by atoms with Crippen LogP contribution in [0.5, 0.6) is 0 Å². The topological polar surface area (TPSA) is 100 Å². The molecule has 8 heteroatoms. The van der Waals surface area contributed by atoms with Crippen molar-refractivity contribution in [1.29, 1.82) is 0 Å². The summed E-state index contributed by atoms with van der Waals surface area (Å²) >= 11 is 0. The Labute approximate surface area is 140 Å². The molecule has 24 heavy (non-hydrogen) atoms. The number of rotatable bonds is 4. The summed E-state index contributed by atoms with van der Waals surface area (Å²) in [5.74, 6) is -1.20. The van der Waals surface area contributed by atoms with Gasteiger partial charge in [0.1, 0.15) is 18.2 Å². The van der Waals surface area contributed by atoms with Gasteiger partial charge in [0.05, 0.1) is 6.61 Å². The molecule has 0 spiro atoms. The number of carbonyl (C=O) groups excluding carboxylic acids is 3. The van der Waals surface area contributed by atoms with E-state index in [1.54, 1.807) is 6.92 Å². The second-order valence-electron chi connectivity index (χ2n) is 6.08. The fraction of sp³-hybridized carbons (Fsp3) is 0.750. The number of carbonyl (C=O) groups is 3. The largest absolute Gasteiger partial charge is 0.476 e. The number of aliphatic imine (C=N–C) groups is 1. The van der Waals surface area contributed by atoms with Crippen molar-refractivity contribution >= 4 is 23.8 Å². The fourth-order valence-electron chi connectivity index (χ4n) is 3.22. The molecule has 1 aliphatic heterocycles. The summed E-state index contributed by atoms with van der Waals surface area (Å²) in [6, 6.07) is -0.444. The zero-order valence-corrected chi connectivity index (χ0v) is 14.3. The van der Waals surface area contributed by atoms with Crippen molar-refractivity contribution in [3.63, 3.8) is 0 Å². The molecule has 0 N–H and O–H groups in total. The molecular formula is C16H23NO7. The monoisotopic (exact) mass is 341 g/mol. The Morgan fingerprint density at radius 1 is 1.04 bits per heavy atom. The average Bonchev–Trinajstić information content (AvgIpc) is 2.78. The predicted molar refractivity (Wildman–Crippen MR) is 82.2 cm³/mol. The lowest BCUT2D eigenvalue weighted by atomic mass is 9.95. The molecule has 0 aromatic rings. The number of hydrogen-bond donors (Lipinski definition) is 0. The summed E-state index contributed by atoms with van der Waals surface area (Å²) in [5.41, 5.74) is 0. The minimum atomic E-state index is -0.781. The van der Waals surface area contributed by atoms with E-state index in [2.05, 4.69) is 4.99 Å². The van der Waals surface area contributed by atoms with Gasteiger partial charge in [0.2, 0.25) is 0 Å². The van der Waals surface area contributed by atoms with Crippen LogP contribution in [0.15, 0.2) is 4.99 Å². The minimum absolute atomic E-state index is 0.0766. The molecule has 134 valence electrons. The van der Waals surface area contributed by atoms with E-state index in [4.69, 9.17) is 18.9 Å². The quantitative estimate of drug-likeness (QED) is 0.555. The standard InChI is InChI=1S/C16H23NO7/c1-8-17-14-13(22-8)6-5-12(7-21-9(2)18)15(23-10(3)19)16(14)24-11(4)20/h12-16H,5-7H2,1-4H3/t12-,13+,14+,15+,16-/m1/s1. The summed E-state index contributed by atoms with van der Waals surface area (Å²) in [6.07, 6.45) is -0.564. The number of hydrogen-bond acceptors (Lipinski definition) is 8. The van der Waals surface area contributed by atoms with Gasteiger partial charge in [-0.05, 0) is 12.8 Å². The van der Waals surface area contributed by atoms with Crippen molar-refractivity contribution in [1.82, 2.24) is 0 Å². The van der Waals surface area contributed by atoms with Gasteiger partial charge in [-0.25, -0.2) is 4.99 Å². The van der Waals surface area contributed by atoms with Gasteiger partial charge in [0, 0.05) is 33.6 Å². The zero-order valence-electron chi connectivity index (χ0n) is 14.3. The molecule has 0 aromatic carbocycles. The van der Waals surface area contributed by atoms with Gasteiger partial charge in [-0.1, -0.05) is 0 Å². The smallest absolute Gasteiger partial charge is 0.303 e.